The molecule has 0 amide bonds. The number of hydrogen-bond acceptors (Lipinski definition) is 3. The molecule has 2 N–H and O–H groups in total. The predicted octanol–water partition coefficient (Wildman–Crippen LogP) is 2.27. The van der Waals surface area contributed by atoms with E-state index in [-0.39, 0.29) is 0 Å². The summed E-state index contributed by atoms with van der Waals surface area (Å²) in [6.07, 6.45) is 8.62. The number of rotatable bonds is 6. The first kappa shape index (κ1) is 13.3. The Morgan fingerprint density at radius 2 is 2.13 bits per heavy atom. The molecule has 0 aromatic rings. The Hall–Kier alpha value is 0.270. The maximum atomic E-state index is 8.84. The molecule has 15 heavy (non-hydrogen) atoms. The Bertz CT molecular complexity index is 166. The Labute approximate surface area is 98.2 Å². The molecule has 3 atom stereocenters. The summed E-state index contributed by atoms with van der Waals surface area (Å²) >= 11 is 2.01. The normalized spacial score (nSPS) is 29.0. The highest BCUT2D eigenvalue weighted by atomic mass is 32.2. The lowest BCUT2D eigenvalue weighted by Gasteiger charge is -2.32. The van der Waals surface area contributed by atoms with Crippen molar-refractivity contribution in [1.82, 2.24) is 5.32 Å². The highest BCUT2D eigenvalue weighted by molar-refractivity contribution is 7.99. The molecule has 0 spiro atoms. The van der Waals surface area contributed by atoms with E-state index >= 15 is 0 Å². The number of aliphatic hydroxyl groups is 1. The monoisotopic (exact) mass is 231 g/mol. The first-order valence-corrected chi connectivity index (χ1v) is 7.43. The number of thioether (sulfide) groups is 1. The van der Waals surface area contributed by atoms with Gasteiger partial charge >= 0.3 is 0 Å². The van der Waals surface area contributed by atoms with E-state index in [1.807, 2.05) is 11.8 Å². The summed E-state index contributed by atoms with van der Waals surface area (Å²) in [4.78, 5) is 0. The van der Waals surface area contributed by atoms with Crippen LogP contribution < -0.4 is 5.32 Å². The van der Waals surface area contributed by atoms with Crippen LogP contribution in [-0.4, -0.2) is 35.8 Å². The SMILES string of the molecule is CSC1CCCCC1NCC(C)CCO. The van der Waals surface area contributed by atoms with Crippen LogP contribution in [0.3, 0.4) is 0 Å². The van der Waals surface area contributed by atoms with Crippen LogP contribution in [-0.2, 0) is 0 Å². The summed E-state index contributed by atoms with van der Waals surface area (Å²) in [5.74, 6) is 0.597. The molecule has 1 fully saturated rings. The zero-order chi connectivity index (χ0) is 11.1. The van der Waals surface area contributed by atoms with E-state index in [9.17, 15) is 0 Å². The van der Waals surface area contributed by atoms with Crippen LogP contribution in [0.15, 0.2) is 0 Å². The highest BCUT2D eigenvalue weighted by Crippen LogP contribution is 2.27. The summed E-state index contributed by atoms with van der Waals surface area (Å²) < 4.78 is 0. The Morgan fingerprint density at radius 3 is 2.80 bits per heavy atom. The quantitative estimate of drug-likeness (QED) is 0.735. The van der Waals surface area contributed by atoms with Gasteiger partial charge in [-0.25, -0.2) is 0 Å². The van der Waals surface area contributed by atoms with Crippen LogP contribution in [0, 0.1) is 5.92 Å². The average Bonchev–Trinajstić information content (AvgIpc) is 2.27. The second-order valence-electron chi connectivity index (χ2n) is 4.69. The van der Waals surface area contributed by atoms with Gasteiger partial charge in [0.2, 0.25) is 0 Å². The molecule has 3 heteroatoms. The standard InChI is InChI=1S/C12H25NOS/c1-10(7-8-14)9-13-11-5-3-4-6-12(11)15-2/h10-14H,3-9H2,1-2H3. The molecule has 0 bridgehead atoms. The third-order valence-electron chi connectivity index (χ3n) is 3.36. The van der Waals surface area contributed by atoms with Crippen molar-refractivity contribution in [3.05, 3.63) is 0 Å². The number of hydrogen-bond donors (Lipinski definition) is 2. The van der Waals surface area contributed by atoms with Gasteiger partial charge in [0.15, 0.2) is 0 Å². The summed E-state index contributed by atoms with van der Waals surface area (Å²) in [5.41, 5.74) is 0. The van der Waals surface area contributed by atoms with Crippen molar-refractivity contribution in [2.45, 2.75) is 50.3 Å². The summed E-state index contributed by atoms with van der Waals surface area (Å²) in [6, 6.07) is 0.704. The lowest BCUT2D eigenvalue weighted by molar-refractivity contribution is 0.254. The lowest BCUT2D eigenvalue weighted by Crippen LogP contribution is -2.42. The van der Waals surface area contributed by atoms with Crippen molar-refractivity contribution in [3.8, 4) is 0 Å². The van der Waals surface area contributed by atoms with Crippen molar-refractivity contribution in [2.24, 2.45) is 5.92 Å². The minimum Gasteiger partial charge on any atom is -0.396 e. The fourth-order valence-corrected chi connectivity index (χ4v) is 3.25. The Balaban J connectivity index is 2.22. The smallest absolute Gasteiger partial charge is 0.0434 e. The van der Waals surface area contributed by atoms with Crippen LogP contribution in [0.5, 0.6) is 0 Å². The minimum atomic E-state index is 0.319. The van der Waals surface area contributed by atoms with Crippen LogP contribution in [0.2, 0.25) is 0 Å². The molecular formula is C12H25NOS. The fraction of sp³-hybridized carbons (Fsp3) is 1.00. The van der Waals surface area contributed by atoms with Gasteiger partial charge in [-0.1, -0.05) is 19.8 Å². The average molecular weight is 231 g/mol. The molecule has 1 saturated carbocycles. The molecule has 0 aromatic heterocycles. The van der Waals surface area contributed by atoms with Gasteiger partial charge in [0, 0.05) is 17.9 Å². The Morgan fingerprint density at radius 1 is 1.40 bits per heavy atom. The molecule has 1 aliphatic rings. The maximum Gasteiger partial charge on any atom is 0.0434 e. The van der Waals surface area contributed by atoms with Gasteiger partial charge in [0.1, 0.15) is 0 Å². The first-order valence-electron chi connectivity index (χ1n) is 6.15. The Kier molecular flexibility index (Phi) is 6.69. The summed E-state index contributed by atoms with van der Waals surface area (Å²) in [6.45, 7) is 3.59. The zero-order valence-corrected chi connectivity index (χ0v) is 10.9. The van der Waals surface area contributed by atoms with Crippen LogP contribution >= 0.6 is 11.8 Å². The third kappa shape index (κ3) is 4.75. The molecule has 1 aliphatic carbocycles. The first-order chi connectivity index (χ1) is 7.27. The predicted molar refractivity (Wildman–Crippen MR) is 68.4 cm³/mol. The van der Waals surface area contributed by atoms with Crippen molar-refractivity contribution in [3.63, 3.8) is 0 Å². The van der Waals surface area contributed by atoms with Crippen LogP contribution in [0.4, 0.5) is 0 Å². The van der Waals surface area contributed by atoms with E-state index in [0.717, 1.165) is 18.2 Å². The number of aliphatic hydroxyl groups excluding tert-OH is 1. The maximum absolute atomic E-state index is 8.84. The van der Waals surface area contributed by atoms with E-state index in [0.29, 0.717) is 18.6 Å². The summed E-state index contributed by atoms with van der Waals surface area (Å²) in [5, 5.41) is 13.3. The molecule has 0 aliphatic heterocycles. The topological polar surface area (TPSA) is 32.3 Å². The second-order valence-corrected chi connectivity index (χ2v) is 5.77. The molecular weight excluding hydrogens is 206 g/mol. The largest absolute Gasteiger partial charge is 0.396 e. The van der Waals surface area contributed by atoms with Gasteiger partial charge in [-0.3, -0.25) is 0 Å². The van der Waals surface area contributed by atoms with Gasteiger partial charge in [0.25, 0.3) is 0 Å². The molecule has 90 valence electrons. The molecule has 0 heterocycles. The molecule has 2 nitrogen and oxygen atoms in total. The van der Waals surface area contributed by atoms with E-state index in [4.69, 9.17) is 5.11 Å². The van der Waals surface area contributed by atoms with E-state index in [1.54, 1.807) is 0 Å². The molecule has 1 rings (SSSR count). The van der Waals surface area contributed by atoms with Crippen LogP contribution in [0.1, 0.15) is 39.0 Å². The molecule has 0 radical (unpaired) electrons. The van der Waals surface area contributed by atoms with Crippen LogP contribution in [0.25, 0.3) is 0 Å². The highest BCUT2D eigenvalue weighted by Gasteiger charge is 2.23. The second kappa shape index (κ2) is 7.53. The summed E-state index contributed by atoms with van der Waals surface area (Å²) in [7, 11) is 0. The van der Waals surface area contributed by atoms with E-state index in [1.165, 1.54) is 25.7 Å². The van der Waals surface area contributed by atoms with Crippen molar-refractivity contribution < 1.29 is 5.11 Å². The lowest BCUT2D eigenvalue weighted by atomic mass is 9.94. The van der Waals surface area contributed by atoms with Gasteiger partial charge in [-0.05, 0) is 38.0 Å². The van der Waals surface area contributed by atoms with Gasteiger partial charge in [-0.2, -0.15) is 11.8 Å². The molecule has 0 aromatic carbocycles. The van der Waals surface area contributed by atoms with Gasteiger partial charge in [-0.15, -0.1) is 0 Å². The minimum absolute atomic E-state index is 0.319. The zero-order valence-electron chi connectivity index (χ0n) is 10.0. The van der Waals surface area contributed by atoms with Gasteiger partial charge in [0.05, 0.1) is 0 Å². The van der Waals surface area contributed by atoms with Crippen molar-refractivity contribution in [2.75, 3.05) is 19.4 Å². The van der Waals surface area contributed by atoms with Crippen molar-refractivity contribution in [1.29, 1.82) is 0 Å². The molecule has 3 unspecified atom stereocenters. The van der Waals surface area contributed by atoms with E-state index in [2.05, 4.69) is 18.5 Å². The third-order valence-corrected chi connectivity index (χ3v) is 4.53. The van der Waals surface area contributed by atoms with E-state index < -0.39 is 0 Å². The van der Waals surface area contributed by atoms with Gasteiger partial charge < -0.3 is 10.4 Å². The number of nitrogens with one attached hydrogen (secondary N) is 1. The van der Waals surface area contributed by atoms with Crippen molar-refractivity contribution >= 4 is 11.8 Å². The molecule has 0 saturated heterocycles. The fourth-order valence-electron chi connectivity index (χ4n) is 2.29.